The van der Waals surface area contributed by atoms with Crippen molar-refractivity contribution in [3.05, 3.63) is 42.5 Å². The molecule has 2 aromatic rings. The van der Waals surface area contributed by atoms with Crippen LogP contribution in [0.25, 0.3) is 0 Å². The Morgan fingerprint density at radius 1 is 1.30 bits per heavy atom. The molecule has 0 saturated carbocycles. The maximum absolute atomic E-state index is 12.9. The fourth-order valence-corrected chi connectivity index (χ4v) is 4.61. The quantitative estimate of drug-likeness (QED) is 0.773. The zero-order valence-electron chi connectivity index (χ0n) is 15.3. The maximum atomic E-state index is 12.9. The fourth-order valence-electron chi connectivity index (χ4n) is 2.95. The van der Waals surface area contributed by atoms with Crippen molar-refractivity contribution in [2.75, 3.05) is 31.6 Å². The van der Waals surface area contributed by atoms with Gasteiger partial charge < -0.3 is 14.6 Å². The predicted molar refractivity (Wildman–Crippen MR) is 101 cm³/mol. The number of anilines is 1. The smallest absolute Gasteiger partial charge is 0.243 e. The van der Waals surface area contributed by atoms with Crippen molar-refractivity contribution < 1.29 is 17.9 Å². The molecule has 1 aromatic heterocycles. The summed E-state index contributed by atoms with van der Waals surface area (Å²) in [4.78, 5) is 16.4. The third kappa shape index (κ3) is 4.94. The second-order valence-corrected chi connectivity index (χ2v) is 8.36. The first-order valence-electron chi connectivity index (χ1n) is 8.91. The Balaban J connectivity index is 1.64. The number of amides is 1. The number of hydrogen-bond acceptors (Lipinski definition) is 5. The van der Waals surface area contributed by atoms with E-state index in [2.05, 4.69) is 10.3 Å². The number of hydrogen-bond donors (Lipinski definition) is 1. The topological polar surface area (TPSA) is 93.5 Å². The molecule has 27 heavy (non-hydrogen) atoms. The molecule has 1 aliphatic rings. The summed E-state index contributed by atoms with van der Waals surface area (Å²) in [6, 6.07) is 4.98. The van der Waals surface area contributed by atoms with Crippen molar-refractivity contribution in [1.29, 1.82) is 0 Å². The number of sulfonamides is 1. The Morgan fingerprint density at radius 2 is 2.07 bits per heavy atom. The van der Waals surface area contributed by atoms with E-state index in [-0.39, 0.29) is 10.8 Å². The van der Waals surface area contributed by atoms with Crippen LogP contribution in [0, 0.1) is 6.92 Å². The lowest BCUT2D eigenvalue weighted by atomic mass is 10.2. The van der Waals surface area contributed by atoms with Gasteiger partial charge >= 0.3 is 0 Å². The van der Waals surface area contributed by atoms with Crippen LogP contribution in [-0.4, -0.2) is 54.5 Å². The van der Waals surface area contributed by atoms with Crippen molar-refractivity contribution in [3.63, 3.8) is 0 Å². The van der Waals surface area contributed by atoms with Gasteiger partial charge in [0.2, 0.25) is 15.9 Å². The van der Waals surface area contributed by atoms with Crippen molar-refractivity contribution in [2.45, 2.75) is 31.2 Å². The molecule has 1 amide bonds. The molecule has 146 valence electrons. The summed E-state index contributed by atoms with van der Waals surface area (Å²) in [5.74, 6) is -0.145. The molecule has 0 unspecified atom stereocenters. The monoisotopic (exact) mass is 392 g/mol. The fraction of sp³-hybridized carbons (Fsp3) is 0.444. The minimum absolute atomic E-state index is 0.145. The number of ether oxygens (including phenoxy) is 1. The van der Waals surface area contributed by atoms with Gasteiger partial charge in [0.15, 0.2) is 0 Å². The Kier molecular flexibility index (Phi) is 6.25. The van der Waals surface area contributed by atoms with Crippen molar-refractivity contribution in [2.24, 2.45) is 0 Å². The van der Waals surface area contributed by atoms with Gasteiger partial charge in [-0.3, -0.25) is 4.79 Å². The normalized spacial score (nSPS) is 15.6. The lowest BCUT2D eigenvalue weighted by Crippen LogP contribution is -2.40. The lowest BCUT2D eigenvalue weighted by molar-refractivity contribution is -0.116. The summed E-state index contributed by atoms with van der Waals surface area (Å²) in [7, 11) is -3.61. The summed E-state index contributed by atoms with van der Waals surface area (Å²) < 4.78 is 34.4. The molecule has 1 saturated heterocycles. The van der Waals surface area contributed by atoms with Gasteiger partial charge in [-0.2, -0.15) is 4.31 Å². The molecular weight excluding hydrogens is 368 g/mol. The average molecular weight is 392 g/mol. The molecule has 1 aromatic carbocycles. The average Bonchev–Trinajstić information content (AvgIpc) is 3.17. The number of rotatable bonds is 7. The minimum Gasteiger partial charge on any atom is -0.379 e. The first-order chi connectivity index (χ1) is 13.0. The van der Waals surface area contributed by atoms with Crippen molar-refractivity contribution in [3.8, 4) is 0 Å². The molecular formula is C18H24N4O4S. The Bertz CT molecular complexity index is 875. The molecule has 9 heteroatoms. The van der Waals surface area contributed by atoms with Gasteiger partial charge in [-0.15, -0.1) is 0 Å². The predicted octanol–water partition coefficient (Wildman–Crippen LogP) is 1.63. The number of imidazole rings is 1. The van der Waals surface area contributed by atoms with Crippen LogP contribution in [0.4, 0.5) is 5.69 Å². The van der Waals surface area contributed by atoms with Crippen LogP contribution in [-0.2, 0) is 26.1 Å². The standard InChI is InChI=1S/C18H24N4O4S/c1-15-4-5-16(20-18(23)3-2-7-21-8-6-19-14-21)13-17(15)27(24,25)22-9-11-26-12-10-22/h4-6,8,13-14H,2-3,7,9-12H2,1H3,(H,20,23). The summed E-state index contributed by atoms with van der Waals surface area (Å²) in [6.07, 6.45) is 6.27. The van der Waals surface area contributed by atoms with Gasteiger partial charge in [-0.05, 0) is 31.0 Å². The number of morpholine rings is 1. The molecule has 0 aliphatic carbocycles. The Morgan fingerprint density at radius 3 is 2.78 bits per heavy atom. The van der Waals surface area contributed by atoms with Gasteiger partial charge in [-0.25, -0.2) is 13.4 Å². The van der Waals surface area contributed by atoms with Crippen LogP contribution in [0.15, 0.2) is 41.8 Å². The first-order valence-corrected chi connectivity index (χ1v) is 10.3. The highest BCUT2D eigenvalue weighted by atomic mass is 32.2. The van der Waals surface area contributed by atoms with E-state index >= 15 is 0 Å². The molecule has 1 aliphatic heterocycles. The molecule has 0 radical (unpaired) electrons. The zero-order chi connectivity index (χ0) is 19.3. The number of carbonyl (C=O) groups excluding carboxylic acids is 1. The van der Waals surface area contributed by atoms with Crippen molar-refractivity contribution in [1.82, 2.24) is 13.9 Å². The minimum atomic E-state index is -3.61. The number of aromatic nitrogens is 2. The number of aryl methyl sites for hydroxylation is 2. The zero-order valence-corrected chi connectivity index (χ0v) is 16.1. The van der Waals surface area contributed by atoms with E-state index in [9.17, 15) is 13.2 Å². The van der Waals surface area contributed by atoms with Gasteiger partial charge in [0.25, 0.3) is 0 Å². The van der Waals surface area contributed by atoms with E-state index in [1.807, 2.05) is 10.8 Å². The number of nitrogens with one attached hydrogen (secondary N) is 1. The number of benzene rings is 1. The molecule has 2 heterocycles. The second kappa shape index (κ2) is 8.64. The highest BCUT2D eigenvalue weighted by molar-refractivity contribution is 7.89. The van der Waals surface area contributed by atoms with Gasteiger partial charge in [0, 0.05) is 44.1 Å². The van der Waals surface area contributed by atoms with Gasteiger partial charge in [0.05, 0.1) is 24.4 Å². The summed E-state index contributed by atoms with van der Waals surface area (Å²) in [6.45, 7) is 3.93. The molecule has 0 bridgehead atoms. The van der Waals surface area contributed by atoms with Crippen molar-refractivity contribution >= 4 is 21.6 Å². The molecule has 3 rings (SSSR count). The van der Waals surface area contributed by atoms with E-state index in [0.29, 0.717) is 56.9 Å². The highest BCUT2D eigenvalue weighted by Crippen LogP contribution is 2.24. The molecule has 8 nitrogen and oxygen atoms in total. The van der Waals surface area contributed by atoms with Crippen LogP contribution < -0.4 is 5.32 Å². The van der Waals surface area contributed by atoms with Crippen LogP contribution in [0.5, 0.6) is 0 Å². The lowest BCUT2D eigenvalue weighted by Gasteiger charge is -2.26. The van der Waals surface area contributed by atoms with E-state index < -0.39 is 10.0 Å². The summed E-state index contributed by atoms with van der Waals surface area (Å²) in [5, 5.41) is 2.79. The summed E-state index contributed by atoms with van der Waals surface area (Å²) in [5.41, 5.74) is 1.14. The third-order valence-electron chi connectivity index (χ3n) is 4.44. The molecule has 0 atom stereocenters. The highest BCUT2D eigenvalue weighted by Gasteiger charge is 2.28. The third-order valence-corrected chi connectivity index (χ3v) is 6.48. The van der Waals surface area contributed by atoms with E-state index in [1.165, 1.54) is 10.4 Å². The second-order valence-electron chi connectivity index (χ2n) is 6.45. The van der Waals surface area contributed by atoms with E-state index in [1.54, 1.807) is 31.6 Å². The molecule has 1 N–H and O–H groups in total. The number of nitrogens with zero attached hydrogens (tertiary/aromatic N) is 3. The Hall–Kier alpha value is -2.23. The number of carbonyl (C=O) groups is 1. The largest absolute Gasteiger partial charge is 0.379 e. The maximum Gasteiger partial charge on any atom is 0.243 e. The van der Waals surface area contributed by atoms with Gasteiger partial charge in [-0.1, -0.05) is 6.07 Å². The Labute approximate surface area is 159 Å². The first kappa shape index (κ1) is 19.5. The van der Waals surface area contributed by atoms with Crippen LogP contribution in [0.2, 0.25) is 0 Å². The van der Waals surface area contributed by atoms with Crippen LogP contribution in [0.1, 0.15) is 18.4 Å². The van der Waals surface area contributed by atoms with Gasteiger partial charge in [0.1, 0.15) is 0 Å². The van der Waals surface area contributed by atoms with E-state index in [0.717, 1.165) is 0 Å². The van der Waals surface area contributed by atoms with E-state index in [4.69, 9.17) is 4.74 Å². The molecule has 0 spiro atoms. The van der Waals surface area contributed by atoms with Crippen LogP contribution >= 0.6 is 0 Å². The summed E-state index contributed by atoms with van der Waals surface area (Å²) >= 11 is 0. The molecule has 1 fully saturated rings. The van der Waals surface area contributed by atoms with Crippen LogP contribution in [0.3, 0.4) is 0 Å². The SMILES string of the molecule is Cc1ccc(NC(=O)CCCn2ccnc2)cc1S(=O)(=O)N1CCOCC1.